The Morgan fingerprint density at radius 2 is 2.06 bits per heavy atom. The highest BCUT2D eigenvalue weighted by Crippen LogP contribution is 2.19. The number of hydrogen-bond donors (Lipinski definition) is 1. The summed E-state index contributed by atoms with van der Waals surface area (Å²) in [5.74, 6) is 0. The van der Waals surface area contributed by atoms with E-state index in [0.29, 0.717) is 0 Å². The van der Waals surface area contributed by atoms with Crippen LogP contribution in [0.15, 0.2) is 30.5 Å². The number of benzene rings is 1. The summed E-state index contributed by atoms with van der Waals surface area (Å²) in [4.78, 5) is 0. The fourth-order valence-corrected chi connectivity index (χ4v) is 2.48. The maximum atomic E-state index is 5.85. The van der Waals surface area contributed by atoms with Crippen molar-refractivity contribution in [3.63, 3.8) is 0 Å². The summed E-state index contributed by atoms with van der Waals surface area (Å²) in [5, 5.41) is 1.34. The molecule has 2 aromatic rings. The predicted molar refractivity (Wildman–Crippen MR) is 78.8 cm³/mol. The van der Waals surface area contributed by atoms with Crippen LogP contribution in [0.1, 0.15) is 38.7 Å². The van der Waals surface area contributed by atoms with Crippen LogP contribution in [0.3, 0.4) is 0 Å². The van der Waals surface area contributed by atoms with Crippen molar-refractivity contribution in [2.45, 2.75) is 52.1 Å². The summed E-state index contributed by atoms with van der Waals surface area (Å²) >= 11 is 0. The lowest BCUT2D eigenvalue weighted by atomic mass is 10.1. The number of aromatic nitrogens is 1. The molecule has 1 atom stereocenters. The van der Waals surface area contributed by atoms with Crippen molar-refractivity contribution in [3.05, 3.63) is 36.0 Å². The zero-order valence-electron chi connectivity index (χ0n) is 11.5. The molecule has 0 saturated heterocycles. The Labute approximate surface area is 110 Å². The molecule has 2 nitrogen and oxygen atoms in total. The van der Waals surface area contributed by atoms with Crippen LogP contribution >= 0.6 is 0 Å². The molecule has 2 N–H and O–H groups in total. The standard InChI is InChI=1S/C16H24N2/c1-3-4-5-9-18-10-8-15-12-14(11-13(2)17)6-7-16(15)18/h6-8,10,12-13H,3-5,9,11,17H2,1-2H3. The van der Waals surface area contributed by atoms with Gasteiger partial charge in [0.25, 0.3) is 0 Å². The number of fused-ring (bicyclic) bond motifs is 1. The molecule has 1 aromatic heterocycles. The van der Waals surface area contributed by atoms with Crippen LogP contribution in [0.4, 0.5) is 0 Å². The molecule has 2 heteroatoms. The molecule has 98 valence electrons. The number of nitrogens with zero attached hydrogens (tertiary/aromatic N) is 1. The normalized spacial score (nSPS) is 13.1. The van der Waals surface area contributed by atoms with Crippen molar-refractivity contribution in [2.75, 3.05) is 0 Å². The van der Waals surface area contributed by atoms with E-state index in [9.17, 15) is 0 Å². The predicted octanol–water partition coefficient (Wildman–Crippen LogP) is 3.72. The van der Waals surface area contributed by atoms with Crippen LogP contribution in [0.2, 0.25) is 0 Å². The van der Waals surface area contributed by atoms with Gasteiger partial charge in [-0.15, -0.1) is 0 Å². The number of hydrogen-bond acceptors (Lipinski definition) is 1. The molecule has 18 heavy (non-hydrogen) atoms. The lowest BCUT2D eigenvalue weighted by Crippen LogP contribution is -2.17. The van der Waals surface area contributed by atoms with Crippen LogP contribution in [0, 0.1) is 0 Å². The van der Waals surface area contributed by atoms with Gasteiger partial charge in [0.1, 0.15) is 0 Å². The van der Waals surface area contributed by atoms with Gasteiger partial charge in [0.05, 0.1) is 0 Å². The van der Waals surface area contributed by atoms with E-state index < -0.39 is 0 Å². The zero-order valence-corrected chi connectivity index (χ0v) is 11.5. The summed E-state index contributed by atoms with van der Waals surface area (Å²) in [7, 11) is 0. The SMILES string of the molecule is CCCCCn1ccc2cc(CC(C)N)ccc21. The monoisotopic (exact) mass is 244 g/mol. The van der Waals surface area contributed by atoms with Gasteiger partial charge in [-0.3, -0.25) is 0 Å². The first kappa shape index (κ1) is 13.2. The van der Waals surface area contributed by atoms with Gasteiger partial charge in [0.2, 0.25) is 0 Å². The summed E-state index contributed by atoms with van der Waals surface area (Å²) < 4.78 is 2.36. The lowest BCUT2D eigenvalue weighted by Gasteiger charge is -2.07. The summed E-state index contributed by atoms with van der Waals surface area (Å²) in [6.07, 6.45) is 7.01. The molecule has 2 rings (SSSR count). The number of nitrogens with two attached hydrogens (primary N) is 1. The fraction of sp³-hybridized carbons (Fsp3) is 0.500. The van der Waals surface area contributed by atoms with E-state index in [1.165, 1.54) is 35.7 Å². The van der Waals surface area contributed by atoms with E-state index in [4.69, 9.17) is 5.73 Å². The third kappa shape index (κ3) is 3.14. The van der Waals surface area contributed by atoms with Gasteiger partial charge in [-0.1, -0.05) is 25.8 Å². The van der Waals surface area contributed by atoms with Crippen molar-refractivity contribution in [1.82, 2.24) is 4.57 Å². The highest BCUT2D eigenvalue weighted by molar-refractivity contribution is 5.80. The van der Waals surface area contributed by atoms with E-state index in [1.807, 2.05) is 0 Å². The largest absolute Gasteiger partial charge is 0.347 e. The van der Waals surface area contributed by atoms with Crippen molar-refractivity contribution < 1.29 is 0 Å². The van der Waals surface area contributed by atoms with E-state index in [1.54, 1.807) is 0 Å². The highest BCUT2D eigenvalue weighted by Gasteiger charge is 2.03. The molecule has 0 aliphatic heterocycles. The van der Waals surface area contributed by atoms with Crippen molar-refractivity contribution in [2.24, 2.45) is 5.73 Å². The van der Waals surface area contributed by atoms with Crippen LogP contribution in [-0.2, 0) is 13.0 Å². The molecule has 0 aliphatic carbocycles. The van der Waals surface area contributed by atoms with Gasteiger partial charge in [0, 0.05) is 24.3 Å². The minimum Gasteiger partial charge on any atom is -0.347 e. The minimum atomic E-state index is 0.231. The number of rotatable bonds is 6. The second-order valence-corrected chi connectivity index (χ2v) is 5.29. The number of aryl methyl sites for hydroxylation is 1. The fourth-order valence-electron chi connectivity index (χ4n) is 2.48. The van der Waals surface area contributed by atoms with Crippen LogP contribution in [0.25, 0.3) is 10.9 Å². The van der Waals surface area contributed by atoms with Gasteiger partial charge in [-0.2, -0.15) is 0 Å². The average Bonchev–Trinajstić information content (AvgIpc) is 2.71. The Balaban J connectivity index is 2.15. The van der Waals surface area contributed by atoms with Crippen molar-refractivity contribution in [3.8, 4) is 0 Å². The highest BCUT2D eigenvalue weighted by atomic mass is 14.9. The second kappa shape index (κ2) is 6.05. The third-order valence-corrected chi connectivity index (χ3v) is 3.40. The van der Waals surface area contributed by atoms with E-state index in [-0.39, 0.29) is 6.04 Å². The molecular formula is C16H24N2. The molecule has 0 bridgehead atoms. The van der Waals surface area contributed by atoms with Gasteiger partial charge in [-0.05, 0) is 48.9 Å². The Morgan fingerprint density at radius 3 is 2.78 bits per heavy atom. The Kier molecular flexibility index (Phi) is 4.43. The molecule has 0 radical (unpaired) electrons. The molecule has 0 amide bonds. The first-order chi connectivity index (χ1) is 8.70. The Hall–Kier alpha value is -1.28. The van der Waals surface area contributed by atoms with Crippen molar-refractivity contribution >= 4 is 10.9 Å². The summed E-state index contributed by atoms with van der Waals surface area (Å²) in [6.45, 7) is 5.43. The summed E-state index contributed by atoms with van der Waals surface area (Å²) in [5.41, 5.74) is 8.53. The Morgan fingerprint density at radius 1 is 1.22 bits per heavy atom. The molecular weight excluding hydrogens is 220 g/mol. The first-order valence-corrected chi connectivity index (χ1v) is 7.04. The smallest absolute Gasteiger partial charge is 0.0480 e. The minimum absolute atomic E-state index is 0.231. The first-order valence-electron chi connectivity index (χ1n) is 7.04. The molecule has 0 saturated carbocycles. The third-order valence-electron chi connectivity index (χ3n) is 3.40. The molecule has 1 unspecified atom stereocenters. The van der Waals surface area contributed by atoms with Gasteiger partial charge in [-0.25, -0.2) is 0 Å². The maximum absolute atomic E-state index is 5.85. The van der Waals surface area contributed by atoms with Gasteiger partial charge < -0.3 is 10.3 Å². The van der Waals surface area contributed by atoms with Gasteiger partial charge >= 0.3 is 0 Å². The van der Waals surface area contributed by atoms with E-state index in [0.717, 1.165) is 13.0 Å². The van der Waals surface area contributed by atoms with Crippen LogP contribution < -0.4 is 5.73 Å². The maximum Gasteiger partial charge on any atom is 0.0480 e. The van der Waals surface area contributed by atoms with Gasteiger partial charge in [0.15, 0.2) is 0 Å². The quantitative estimate of drug-likeness (QED) is 0.771. The average molecular weight is 244 g/mol. The van der Waals surface area contributed by atoms with Crippen LogP contribution in [0.5, 0.6) is 0 Å². The molecule has 0 spiro atoms. The van der Waals surface area contributed by atoms with E-state index in [2.05, 4.69) is 48.9 Å². The summed E-state index contributed by atoms with van der Waals surface area (Å²) in [6, 6.07) is 9.16. The lowest BCUT2D eigenvalue weighted by molar-refractivity contribution is 0.616. The molecule has 1 heterocycles. The van der Waals surface area contributed by atoms with E-state index >= 15 is 0 Å². The molecule has 1 aromatic carbocycles. The van der Waals surface area contributed by atoms with Crippen LogP contribution in [-0.4, -0.2) is 10.6 Å². The zero-order chi connectivity index (χ0) is 13.0. The van der Waals surface area contributed by atoms with Crippen molar-refractivity contribution in [1.29, 1.82) is 0 Å². The molecule has 0 aliphatic rings. The second-order valence-electron chi connectivity index (χ2n) is 5.29. The number of unbranched alkanes of at least 4 members (excludes halogenated alkanes) is 2. The molecule has 0 fully saturated rings. The topological polar surface area (TPSA) is 30.9 Å². The Bertz CT molecular complexity index is 497.